The molecule has 3 aromatic rings. The van der Waals surface area contributed by atoms with Crippen molar-refractivity contribution in [3.63, 3.8) is 0 Å². The Balaban J connectivity index is 1.64. The molecule has 1 heterocycles. The van der Waals surface area contributed by atoms with Gasteiger partial charge in [0.1, 0.15) is 17.3 Å². The quantitative estimate of drug-likeness (QED) is 0.649. The van der Waals surface area contributed by atoms with Gasteiger partial charge in [0.15, 0.2) is 0 Å². The molecular formula is C22H23N3O3. The second kappa shape index (κ2) is 8.90. The molecule has 0 bridgehead atoms. The maximum absolute atomic E-state index is 12.3. The SMILES string of the molecule is COc1ccc(Nc2ccc(C(=O)NCc3cccc(C)c3)cn2)c(OC)c1. The van der Waals surface area contributed by atoms with E-state index in [9.17, 15) is 4.79 Å². The highest BCUT2D eigenvalue weighted by Gasteiger charge is 2.09. The van der Waals surface area contributed by atoms with Crippen LogP contribution in [0, 0.1) is 6.92 Å². The number of methoxy groups -OCH3 is 2. The number of pyridine rings is 1. The van der Waals surface area contributed by atoms with Crippen molar-refractivity contribution < 1.29 is 14.3 Å². The standard InChI is InChI=1S/C22H23N3O3/c1-15-5-4-6-16(11-15)13-24-22(26)17-7-10-21(23-14-17)25-19-9-8-18(27-2)12-20(19)28-3/h4-12,14H,13H2,1-3H3,(H,23,25)(H,24,26). The van der Waals surface area contributed by atoms with Gasteiger partial charge >= 0.3 is 0 Å². The van der Waals surface area contributed by atoms with Gasteiger partial charge in [-0.3, -0.25) is 4.79 Å². The molecule has 0 radical (unpaired) electrons. The van der Waals surface area contributed by atoms with Crippen LogP contribution in [0.1, 0.15) is 21.5 Å². The highest BCUT2D eigenvalue weighted by Crippen LogP contribution is 2.30. The Morgan fingerprint density at radius 2 is 1.89 bits per heavy atom. The van der Waals surface area contributed by atoms with Crippen molar-refractivity contribution in [3.05, 3.63) is 77.5 Å². The molecule has 1 amide bonds. The minimum atomic E-state index is -0.164. The first-order valence-corrected chi connectivity index (χ1v) is 8.88. The molecular weight excluding hydrogens is 354 g/mol. The molecule has 0 unspecified atom stereocenters. The number of hydrogen-bond acceptors (Lipinski definition) is 5. The van der Waals surface area contributed by atoms with Gasteiger partial charge in [-0.25, -0.2) is 4.98 Å². The van der Waals surface area contributed by atoms with Crippen molar-refractivity contribution >= 4 is 17.4 Å². The smallest absolute Gasteiger partial charge is 0.253 e. The van der Waals surface area contributed by atoms with E-state index in [1.165, 1.54) is 0 Å². The van der Waals surface area contributed by atoms with Gasteiger partial charge in [-0.05, 0) is 36.8 Å². The van der Waals surface area contributed by atoms with Crippen LogP contribution < -0.4 is 20.1 Å². The molecule has 3 rings (SSSR count). The summed E-state index contributed by atoms with van der Waals surface area (Å²) in [6.45, 7) is 2.50. The molecule has 2 N–H and O–H groups in total. The lowest BCUT2D eigenvalue weighted by Crippen LogP contribution is -2.22. The average molecular weight is 377 g/mol. The number of benzene rings is 2. The fourth-order valence-electron chi connectivity index (χ4n) is 2.75. The van der Waals surface area contributed by atoms with E-state index in [4.69, 9.17) is 9.47 Å². The second-order valence-corrected chi connectivity index (χ2v) is 6.30. The summed E-state index contributed by atoms with van der Waals surface area (Å²) in [5.41, 5.74) is 3.48. The molecule has 0 aliphatic rings. The van der Waals surface area contributed by atoms with Crippen LogP contribution in [-0.4, -0.2) is 25.1 Å². The minimum Gasteiger partial charge on any atom is -0.497 e. The highest BCUT2D eigenvalue weighted by atomic mass is 16.5. The number of nitrogens with one attached hydrogen (secondary N) is 2. The summed E-state index contributed by atoms with van der Waals surface area (Å²) >= 11 is 0. The molecule has 6 heteroatoms. The van der Waals surface area contributed by atoms with Gasteiger partial charge in [-0.1, -0.05) is 29.8 Å². The van der Waals surface area contributed by atoms with Gasteiger partial charge < -0.3 is 20.1 Å². The van der Waals surface area contributed by atoms with E-state index in [0.717, 1.165) is 16.8 Å². The summed E-state index contributed by atoms with van der Waals surface area (Å²) in [7, 11) is 3.20. The number of aromatic nitrogens is 1. The molecule has 0 saturated carbocycles. The zero-order chi connectivity index (χ0) is 19.9. The van der Waals surface area contributed by atoms with E-state index in [2.05, 4.69) is 15.6 Å². The van der Waals surface area contributed by atoms with E-state index in [1.54, 1.807) is 38.6 Å². The van der Waals surface area contributed by atoms with Crippen LogP contribution in [0.4, 0.5) is 11.5 Å². The van der Waals surface area contributed by atoms with Crippen molar-refractivity contribution in [1.82, 2.24) is 10.3 Å². The maximum Gasteiger partial charge on any atom is 0.253 e. The number of hydrogen-bond donors (Lipinski definition) is 2. The van der Waals surface area contributed by atoms with Crippen LogP contribution in [-0.2, 0) is 6.54 Å². The third-order valence-electron chi connectivity index (χ3n) is 4.23. The van der Waals surface area contributed by atoms with Crippen LogP contribution in [0.2, 0.25) is 0 Å². The Bertz CT molecular complexity index is 955. The Hall–Kier alpha value is -3.54. The first kappa shape index (κ1) is 19.2. The van der Waals surface area contributed by atoms with E-state index in [0.29, 0.717) is 29.4 Å². The third kappa shape index (κ3) is 4.79. The molecule has 144 valence electrons. The third-order valence-corrected chi connectivity index (χ3v) is 4.23. The highest BCUT2D eigenvalue weighted by molar-refractivity contribution is 5.94. The molecule has 28 heavy (non-hydrogen) atoms. The molecule has 1 aromatic heterocycles. The van der Waals surface area contributed by atoms with Crippen LogP contribution in [0.15, 0.2) is 60.8 Å². The van der Waals surface area contributed by atoms with Gasteiger partial charge in [-0.2, -0.15) is 0 Å². The van der Waals surface area contributed by atoms with Crippen molar-refractivity contribution in [1.29, 1.82) is 0 Å². The molecule has 0 aliphatic heterocycles. The fourth-order valence-corrected chi connectivity index (χ4v) is 2.75. The van der Waals surface area contributed by atoms with Crippen LogP contribution in [0.5, 0.6) is 11.5 Å². The van der Waals surface area contributed by atoms with Gasteiger partial charge in [0.05, 0.1) is 25.5 Å². The van der Waals surface area contributed by atoms with Gasteiger partial charge in [0, 0.05) is 18.8 Å². The van der Waals surface area contributed by atoms with Crippen molar-refractivity contribution in [2.24, 2.45) is 0 Å². The van der Waals surface area contributed by atoms with Gasteiger partial charge in [0.25, 0.3) is 5.91 Å². The summed E-state index contributed by atoms with van der Waals surface area (Å²) in [5, 5.41) is 6.09. The Morgan fingerprint density at radius 3 is 2.57 bits per heavy atom. The molecule has 0 saturated heterocycles. The number of nitrogens with zero attached hydrogens (tertiary/aromatic N) is 1. The summed E-state index contributed by atoms with van der Waals surface area (Å²) < 4.78 is 10.6. The molecule has 0 spiro atoms. The number of anilines is 2. The average Bonchev–Trinajstić information content (AvgIpc) is 2.73. The summed E-state index contributed by atoms with van der Waals surface area (Å²) in [6.07, 6.45) is 1.55. The lowest BCUT2D eigenvalue weighted by atomic mass is 10.1. The van der Waals surface area contributed by atoms with Crippen molar-refractivity contribution in [2.75, 3.05) is 19.5 Å². The summed E-state index contributed by atoms with van der Waals surface area (Å²) in [4.78, 5) is 16.7. The van der Waals surface area contributed by atoms with Crippen LogP contribution in [0.3, 0.4) is 0 Å². The number of carbonyl (C=O) groups is 1. The second-order valence-electron chi connectivity index (χ2n) is 6.30. The fraction of sp³-hybridized carbons (Fsp3) is 0.182. The maximum atomic E-state index is 12.3. The molecule has 0 fully saturated rings. The summed E-state index contributed by atoms with van der Waals surface area (Å²) in [5.74, 6) is 1.79. The minimum absolute atomic E-state index is 0.164. The molecule has 0 atom stereocenters. The Kier molecular flexibility index (Phi) is 6.11. The van der Waals surface area contributed by atoms with Gasteiger partial charge in [0.2, 0.25) is 0 Å². The first-order valence-electron chi connectivity index (χ1n) is 8.88. The van der Waals surface area contributed by atoms with Crippen LogP contribution in [0.25, 0.3) is 0 Å². The largest absolute Gasteiger partial charge is 0.497 e. The number of rotatable bonds is 7. The van der Waals surface area contributed by atoms with E-state index >= 15 is 0 Å². The number of carbonyl (C=O) groups excluding carboxylic acids is 1. The van der Waals surface area contributed by atoms with Gasteiger partial charge in [-0.15, -0.1) is 0 Å². The predicted octanol–water partition coefficient (Wildman–Crippen LogP) is 4.08. The Morgan fingerprint density at radius 1 is 1.04 bits per heavy atom. The lowest BCUT2D eigenvalue weighted by molar-refractivity contribution is 0.0950. The topological polar surface area (TPSA) is 72.5 Å². The number of amides is 1. The predicted molar refractivity (Wildman–Crippen MR) is 109 cm³/mol. The summed E-state index contributed by atoms with van der Waals surface area (Å²) in [6, 6.07) is 17.0. The van der Waals surface area contributed by atoms with Crippen molar-refractivity contribution in [2.45, 2.75) is 13.5 Å². The molecule has 6 nitrogen and oxygen atoms in total. The lowest BCUT2D eigenvalue weighted by Gasteiger charge is -2.12. The van der Waals surface area contributed by atoms with E-state index in [1.807, 2.05) is 43.3 Å². The normalized spacial score (nSPS) is 10.2. The zero-order valence-electron chi connectivity index (χ0n) is 16.2. The van der Waals surface area contributed by atoms with E-state index < -0.39 is 0 Å². The monoisotopic (exact) mass is 377 g/mol. The number of aryl methyl sites for hydroxylation is 1. The molecule has 2 aromatic carbocycles. The first-order chi connectivity index (χ1) is 13.6. The van der Waals surface area contributed by atoms with Crippen molar-refractivity contribution in [3.8, 4) is 11.5 Å². The molecule has 0 aliphatic carbocycles. The van der Waals surface area contributed by atoms with E-state index in [-0.39, 0.29) is 5.91 Å². The Labute approximate surface area is 164 Å². The van der Waals surface area contributed by atoms with Crippen LogP contribution >= 0.6 is 0 Å². The number of ether oxygens (including phenoxy) is 2. The zero-order valence-corrected chi connectivity index (χ0v) is 16.2.